The van der Waals surface area contributed by atoms with Crippen LogP contribution in [-0.4, -0.2) is 12.5 Å². The molecule has 0 spiro atoms. The summed E-state index contributed by atoms with van der Waals surface area (Å²) in [6.07, 6.45) is 0. The number of carbonyl (C=O) groups is 1. The van der Waals surface area contributed by atoms with Crippen LogP contribution in [-0.2, 0) is 0 Å². The fourth-order valence-corrected chi connectivity index (χ4v) is 2.43. The molecule has 3 nitrogen and oxygen atoms in total. The van der Waals surface area contributed by atoms with Gasteiger partial charge in [-0.05, 0) is 43.3 Å². The van der Waals surface area contributed by atoms with E-state index in [1.54, 1.807) is 30.3 Å². The van der Waals surface area contributed by atoms with Crippen molar-refractivity contribution in [2.24, 2.45) is 0 Å². The summed E-state index contributed by atoms with van der Waals surface area (Å²) in [5.41, 5.74) is 0.760. The topological polar surface area (TPSA) is 38.3 Å². The van der Waals surface area contributed by atoms with Crippen LogP contribution in [0.4, 0.5) is 5.69 Å². The van der Waals surface area contributed by atoms with Crippen LogP contribution in [0.5, 0.6) is 5.75 Å². The van der Waals surface area contributed by atoms with Gasteiger partial charge >= 0.3 is 0 Å². The molecule has 0 aliphatic rings. The average molecular weight is 345 g/mol. The van der Waals surface area contributed by atoms with Crippen LogP contribution in [0.15, 0.2) is 36.4 Å². The molecule has 1 N–H and O–H groups in total. The maximum absolute atomic E-state index is 12.2. The fourth-order valence-electron chi connectivity index (χ4n) is 1.73. The molecular formula is C15H12Cl3NO2. The van der Waals surface area contributed by atoms with E-state index < -0.39 is 5.91 Å². The lowest BCUT2D eigenvalue weighted by Crippen LogP contribution is -2.13. The largest absolute Gasteiger partial charge is 0.494 e. The molecule has 2 aromatic rings. The molecule has 2 rings (SSSR count). The summed E-state index contributed by atoms with van der Waals surface area (Å²) in [6.45, 7) is 2.48. The number of rotatable bonds is 4. The van der Waals surface area contributed by atoms with Crippen molar-refractivity contribution in [3.05, 3.63) is 57.0 Å². The van der Waals surface area contributed by atoms with Crippen LogP contribution in [0.1, 0.15) is 17.3 Å². The molecule has 0 radical (unpaired) electrons. The van der Waals surface area contributed by atoms with Gasteiger partial charge < -0.3 is 10.1 Å². The summed E-state index contributed by atoms with van der Waals surface area (Å²) < 4.78 is 5.33. The number of anilines is 1. The summed E-state index contributed by atoms with van der Waals surface area (Å²) >= 11 is 17.9. The van der Waals surface area contributed by atoms with Gasteiger partial charge in [-0.1, -0.05) is 34.8 Å². The molecule has 0 aliphatic carbocycles. The van der Waals surface area contributed by atoms with E-state index in [1.165, 1.54) is 6.07 Å². The molecule has 0 saturated carbocycles. The van der Waals surface area contributed by atoms with Crippen LogP contribution in [0.2, 0.25) is 15.1 Å². The molecule has 0 bridgehead atoms. The van der Waals surface area contributed by atoms with Crippen molar-refractivity contribution < 1.29 is 9.53 Å². The Balaban J connectivity index is 2.20. The standard InChI is InChI=1S/C15H12Cl3NO2/c1-2-21-10-5-3-9(4-6-10)19-15(20)13-11(16)7-8-12(17)14(13)18/h3-8H,2H2,1H3,(H,19,20). The lowest BCUT2D eigenvalue weighted by molar-refractivity contribution is 0.102. The van der Waals surface area contributed by atoms with E-state index in [1.807, 2.05) is 6.92 Å². The second kappa shape index (κ2) is 7.03. The monoisotopic (exact) mass is 343 g/mol. The minimum absolute atomic E-state index is 0.132. The number of nitrogens with one attached hydrogen (secondary N) is 1. The highest BCUT2D eigenvalue weighted by molar-refractivity contribution is 6.46. The predicted octanol–water partition coefficient (Wildman–Crippen LogP) is 5.30. The Bertz CT molecular complexity index is 657. The molecular weight excluding hydrogens is 333 g/mol. The first kappa shape index (κ1) is 16.0. The molecule has 0 fully saturated rings. The number of hydrogen-bond acceptors (Lipinski definition) is 2. The summed E-state index contributed by atoms with van der Waals surface area (Å²) in [5, 5.41) is 3.37. The Hall–Kier alpha value is -1.42. The van der Waals surface area contributed by atoms with Crippen molar-refractivity contribution in [2.75, 3.05) is 11.9 Å². The molecule has 21 heavy (non-hydrogen) atoms. The number of ether oxygens (including phenoxy) is 1. The highest BCUT2D eigenvalue weighted by Crippen LogP contribution is 2.32. The van der Waals surface area contributed by atoms with Crippen molar-refractivity contribution in [2.45, 2.75) is 6.92 Å². The fraction of sp³-hybridized carbons (Fsp3) is 0.133. The SMILES string of the molecule is CCOc1ccc(NC(=O)c2c(Cl)ccc(Cl)c2Cl)cc1. The lowest BCUT2D eigenvalue weighted by atomic mass is 10.2. The quantitative estimate of drug-likeness (QED) is 0.764. The zero-order chi connectivity index (χ0) is 15.4. The third-order valence-electron chi connectivity index (χ3n) is 2.69. The lowest BCUT2D eigenvalue weighted by Gasteiger charge is -2.10. The second-order valence-electron chi connectivity index (χ2n) is 4.13. The Kier molecular flexibility index (Phi) is 5.34. The van der Waals surface area contributed by atoms with Crippen LogP contribution < -0.4 is 10.1 Å². The summed E-state index contributed by atoms with van der Waals surface area (Å²) in [6, 6.07) is 10.1. The van der Waals surface area contributed by atoms with Gasteiger partial charge in [-0.2, -0.15) is 0 Å². The first-order valence-electron chi connectivity index (χ1n) is 6.20. The van der Waals surface area contributed by atoms with E-state index in [0.717, 1.165) is 5.75 Å². The van der Waals surface area contributed by atoms with Crippen molar-refractivity contribution in [3.8, 4) is 5.75 Å². The average Bonchev–Trinajstić information content (AvgIpc) is 2.46. The second-order valence-corrected chi connectivity index (χ2v) is 5.32. The van der Waals surface area contributed by atoms with Crippen molar-refractivity contribution in [1.29, 1.82) is 0 Å². The normalized spacial score (nSPS) is 10.3. The van der Waals surface area contributed by atoms with Gasteiger partial charge in [-0.15, -0.1) is 0 Å². The van der Waals surface area contributed by atoms with Gasteiger partial charge in [0.1, 0.15) is 5.75 Å². The molecule has 0 unspecified atom stereocenters. The molecule has 6 heteroatoms. The smallest absolute Gasteiger partial charge is 0.258 e. The molecule has 1 amide bonds. The highest BCUT2D eigenvalue weighted by Gasteiger charge is 2.17. The van der Waals surface area contributed by atoms with Crippen molar-refractivity contribution in [3.63, 3.8) is 0 Å². The first-order chi connectivity index (χ1) is 10.0. The number of hydrogen-bond donors (Lipinski definition) is 1. The molecule has 0 heterocycles. The zero-order valence-electron chi connectivity index (χ0n) is 11.1. The molecule has 110 valence electrons. The van der Waals surface area contributed by atoms with Gasteiger partial charge in [-0.25, -0.2) is 0 Å². The van der Waals surface area contributed by atoms with Crippen LogP contribution in [0.25, 0.3) is 0 Å². The van der Waals surface area contributed by atoms with Crippen molar-refractivity contribution >= 4 is 46.4 Å². The Labute approximate surface area is 137 Å². The molecule has 2 aromatic carbocycles. The van der Waals surface area contributed by atoms with Gasteiger partial charge in [0, 0.05) is 5.69 Å². The Morgan fingerprint density at radius 3 is 2.29 bits per heavy atom. The van der Waals surface area contributed by atoms with Crippen LogP contribution >= 0.6 is 34.8 Å². The van der Waals surface area contributed by atoms with Gasteiger partial charge in [0.15, 0.2) is 0 Å². The minimum atomic E-state index is -0.420. The van der Waals surface area contributed by atoms with E-state index in [9.17, 15) is 4.79 Å². The molecule has 0 saturated heterocycles. The summed E-state index contributed by atoms with van der Waals surface area (Å²) in [7, 11) is 0. The van der Waals surface area contributed by atoms with Crippen molar-refractivity contribution in [1.82, 2.24) is 0 Å². The Morgan fingerprint density at radius 1 is 1.05 bits per heavy atom. The highest BCUT2D eigenvalue weighted by atomic mass is 35.5. The van der Waals surface area contributed by atoms with Crippen LogP contribution in [0.3, 0.4) is 0 Å². The molecule has 0 aromatic heterocycles. The van der Waals surface area contributed by atoms with E-state index in [2.05, 4.69) is 5.32 Å². The zero-order valence-corrected chi connectivity index (χ0v) is 13.4. The number of amides is 1. The minimum Gasteiger partial charge on any atom is -0.494 e. The van der Waals surface area contributed by atoms with Gasteiger partial charge in [0.2, 0.25) is 0 Å². The van der Waals surface area contributed by atoms with Gasteiger partial charge in [0.05, 0.1) is 27.2 Å². The molecule has 0 atom stereocenters. The summed E-state index contributed by atoms with van der Waals surface area (Å²) in [4.78, 5) is 12.2. The Morgan fingerprint density at radius 2 is 1.67 bits per heavy atom. The summed E-state index contributed by atoms with van der Waals surface area (Å²) in [5.74, 6) is 0.311. The molecule has 0 aliphatic heterocycles. The van der Waals surface area contributed by atoms with E-state index >= 15 is 0 Å². The van der Waals surface area contributed by atoms with Gasteiger partial charge in [-0.3, -0.25) is 4.79 Å². The predicted molar refractivity (Wildman–Crippen MR) is 87.0 cm³/mol. The van der Waals surface area contributed by atoms with Crippen LogP contribution in [0, 0.1) is 0 Å². The van der Waals surface area contributed by atoms with E-state index in [0.29, 0.717) is 12.3 Å². The maximum Gasteiger partial charge on any atom is 0.258 e. The van der Waals surface area contributed by atoms with E-state index in [-0.39, 0.29) is 20.6 Å². The number of halogens is 3. The first-order valence-corrected chi connectivity index (χ1v) is 7.34. The number of carbonyl (C=O) groups excluding carboxylic acids is 1. The van der Waals surface area contributed by atoms with E-state index in [4.69, 9.17) is 39.5 Å². The van der Waals surface area contributed by atoms with Gasteiger partial charge in [0.25, 0.3) is 5.91 Å². The third-order valence-corrected chi connectivity index (χ3v) is 3.81. The maximum atomic E-state index is 12.2. The third kappa shape index (κ3) is 3.82. The number of benzene rings is 2.